The number of ketones is 1. The average Bonchev–Trinajstić information content (AvgIpc) is 2.48. The number of hydrogen-bond acceptors (Lipinski definition) is 5. The molecule has 0 saturated carbocycles. The van der Waals surface area contributed by atoms with Crippen LogP contribution in [0, 0.1) is 0 Å². The summed E-state index contributed by atoms with van der Waals surface area (Å²) >= 11 is 3.21. The van der Waals surface area contributed by atoms with Gasteiger partial charge in [0.25, 0.3) is 11.8 Å². The Morgan fingerprint density at radius 3 is 2.41 bits per heavy atom. The van der Waals surface area contributed by atoms with Crippen LogP contribution in [-0.4, -0.2) is 30.2 Å². The molecule has 0 heterocycles. The number of esters is 1. The van der Waals surface area contributed by atoms with Crippen LogP contribution in [0.5, 0.6) is 0 Å². The van der Waals surface area contributed by atoms with E-state index in [9.17, 15) is 19.2 Å². The summed E-state index contributed by atoms with van der Waals surface area (Å²) in [5, 5.41) is 0. The largest absolute Gasteiger partial charge is 0.455 e. The zero-order valence-electron chi connectivity index (χ0n) is 11.8. The molecule has 7 nitrogen and oxygen atoms in total. The first-order chi connectivity index (χ1) is 10.4. The maximum atomic E-state index is 11.8. The van der Waals surface area contributed by atoms with Crippen molar-refractivity contribution in [2.24, 2.45) is 0 Å². The highest BCUT2D eigenvalue weighted by molar-refractivity contribution is 9.10. The van der Waals surface area contributed by atoms with Crippen LogP contribution in [0.25, 0.3) is 0 Å². The topological polar surface area (TPSA) is 102 Å². The number of ether oxygens (including phenoxy) is 1. The van der Waals surface area contributed by atoms with Gasteiger partial charge in [-0.15, -0.1) is 0 Å². The van der Waals surface area contributed by atoms with E-state index in [2.05, 4.69) is 31.5 Å². The van der Waals surface area contributed by atoms with Crippen molar-refractivity contribution in [3.63, 3.8) is 0 Å². The molecule has 1 rings (SSSR count). The highest BCUT2D eigenvalue weighted by Crippen LogP contribution is 2.14. The number of halogens is 1. The van der Waals surface area contributed by atoms with E-state index >= 15 is 0 Å². The molecule has 0 aliphatic carbocycles. The molecule has 118 valence electrons. The van der Waals surface area contributed by atoms with Crippen LogP contribution in [-0.2, 0) is 19.1 Å². The third-order valence-corrected chi connectivity index (χ3v) is 3.17. The summed E-state index contributed by atoms with van der Waals surface area (Å²) in [7, 11) is 0. The molecular weight excluding hydrogens is 356 g/mol. The molecule has 1 aromatic rings. The minimum absolute atomic E-state index is 0.0687. The number of benzene rings is 1. The van der Waals surface area contributed by atoms with E-state index in [0.717, 1.165) is 0 Å². The Hall–Kier alpha value is -2.22. The van der Waals surface area contributed by atoms with Crippen LogP contribution < -0.4 is 10.9 Å². The summed E-state index contributed by atoms with van der Waals surface area (Å²) in [6.07, 6.45) is -0.00877. The van der Waals surface area contributed by atoms with Gasteiger partial charge in [-0.05, 0) is 35.0 Å². The molecule has 22 heavy (non-hydrogen) atoms. The van der Waals surface area contributed by atoms with E-state index in [1.54, 1.807) is 24.3 Å². The Kier molecular flexibility index (Phi) is 7.24. The summed E-state index contributed by atoms with van der Waals surface area (Å²) < 4.78 is 5.23. The number of hydrogen-bond donors (Lipinski definition) is 2. The molecule has 0 saturated heterocycles. The van der Waals surface area contributed by atoms with E-state index in [1.165, 1.54) is 6.92 Å². The van der Waals surface area contributed by atoms with E-state index < -0.39 is 24.4 Å². The smallest absolute Gasteiger partial charge is 0.306 e. The van der Waals surface area contributed by atoms with Crippen molar-refractivity contribution in [3.05, 3.63) is 34.3 Å². The zero-order chi connectivity index (χ0) is 16.5. The minimum Gasteiger partial charge on any atom is -0.455 e. The van der Waals surface area contributed by atoms with Gasteiger partial charge in [0.05, 0.1) is 12.0 Å². The van der Waals surface area contributed by atoms with Crippen molar-refractivity contribution in [2.75, 3.05) is 6.61 Å². The molecule has 0 aliphatic heterocycles. The fourth-order valence-electron chi connectivity index (χ4n) is 1.37. The van der Waals surface area contributed by atoms with Gasteiger partial charge >= 0.3 is 5.97 Å². The highest BCUT2D eigenvalue weighted by Gasteiger charge is 2.12. The highest BCUT2D eigenvalue weighted by atomic mass is 79.9. The van der Waals surface area contributed by atoms with Crippen LogP contribution in [0.3, 0.4) is 0 Å². The van der Waals surface area contributed by atoms with E-state index in [-0.39, 0.29) is 18.6 Å². The lowest BCUT2D eigenvalue weighted by atomic mass is 10.2. The van der Waals surface area contributed by atoms with E-state index in [4.69, 9.17) is 0 Å². The average molecular weight is 371 g/mol. The Morgan fingerprint density at radius 2 is 1.77 bits per heavy atom. The molecule has 0 aliphatic rings. The lowest BCUT2D eigenvalue weighted by molar-refractivity contribution is -0.149. The lowest BCUT2D eigenvalue weighted by Gasteiger charge is -2.08. The Morgan fingerprint density at radius 1 is 1.09 bits per heavy atom. The first-order valence-electron chi connectivity index (χ1n) is 6.39. The van der Waals surface area contributed by atoms with Crippen molar-refractivity contribution in [2.45, 2.75) is 19.8 Å². The van der Waals surface area contributed by atoms with Gasteiger partial charge < -0.3 is 9.53 Å². The maximum absolute atomic E-state index is 11.8. The van der Waals surface area contributed by atoms with Crippen molar-refractivity contribution in [1.82, 2.24) is 10.9 Å². The van der Waals surface area contributed by atoms with Gasteiger partial charge in [0.15, 0.2) is 6.61 Å². The zero-order valence-corrected chi connectivity index (χ0v) is 13.4. The molecule has 0 atom stereocenters. The number of hydrazine groups is 1. The van der Waals surface area contributed by atoms with Crippen LogP contribution in [0.2, 0.25) is 0 Å². The molecule has 2 amide bonds. The predicted octanol–water partition coefficient (Wildman–Crippen LogP) is 1.12. The van der Waals surface area contributed by atoms with Crippen LogP contribution in [0.15, 0.2) is 28.7 Å². The maximum Gasteiger partial charge on any atom is 0.306 e. The molecule has 0 radical (unpaired) electrons. The normalized spacial score (nSPS) is 9.73. The third kappa shape index (κ3) is 6.49. The molecule has 0 spiro atoms. The summed E-state index contributed by atoms with van der Waals surface area (Å²) in [5.74, 6) is -1.98. The number of Topliss-reactive ketones (excluding diaryl/α,β-unsaturated/α-hetero) is 1. The quantitative estimate of drug-likeness (QED) is 0.577. The Bertz CT molecular complexity index is 588. The van der Waals surface area contributed by atoms with Crippen molar-refractivity contribution in [3.8, 4) is 0 Å². The molecule has 0 fully saturated rings. The number of carbonyl (C=O) groups excluding carboxylic acids is 4. The minimum atomic E-state index is -0.684. The summed E-state index contributed by atoms with van der Waals surface area (Å²) in [6, 6.07) is 6.69. The standard InChI is InChI=1S/C14H15BrN2O5/c1-9(18)6-7-13(20)22-8-12(19)16-17-14(21)10-4-2-3-5-11(10)15/h2-5H,6-8H2,1H3,(H,16,19)(H,17,21). The van der Waals surface area contributed by atoms with Crippen molar-refractivity contribution < 1.29 is 23.9 Å². The summed E-state index contributed by atoms with van der Waals surface area (Å²) in [5.41, 5.74) is 4.67. The molecule has 0 aromatic heterocycles. The van der Waals surface area contributed by atoms with Gasteiger partial charge in [-0.2, -0.15) is 0 Å². The first-order valence-corrected chi connectivity index (χ1v) is 7.18. The number of amides is 2. The molecule has 1 aromatic carbocycles. The fraction of sp³-hybridized carbons (Fsp3) is 0.286. The van der Waals surface area contributed by atoms with Crippen molar-refractivity contribution in [1.29, 1.82) is 0 Å². The molecular formula is C14H15BrN2O5. The third-order valence-electron chi connectivity index (χ3n) is 2.48. The predicted molar refractivity (Wildman–Crippen MR) is 80.6 cm³/mol. The monoisotopic (exact) mass is 370 g/mol. The molecule has 0 bridgehead atoms. The van der Waals surface area contributed by atoms with Crippen LogP contribution in [0.4, 0.5) is 0 Å². The molecule has 2 N–H and O–H groups in total. The second-order valence-corrected chi connectivity index (χ2v) is 5.20. The molecule has 8 heteroatoms. The number of nitrogens with one attached hydrogen (secondary N) is 2. The van der Waals surface area contributed by atoms with Gasteiger partial charge in [-0.25, -0.2) is 0 Å². The van der Waals surface area contributed by atoms with E-state index in [1.807, 2.05) is 0 Å². The number of carbonyl (C=O) groups is 4. The van der Waals surface area contributed by atoms with Crippen molar-refractivity contribution >= 4 is 39.5 Å². The summed E-state index contributed by atoms with van der Waals surface area (Å²) in [4.78, 5) is 45.1. The van der Waals surface area contributed by atoms with Gasteiger partial charge in [-0.1, -0.05) is 12.1 Å². The second-order valence-electron chi connectivity index (χ2n) is 4.34. The van der Waals surface area contributed by atoms with E-state index in [0.29, 0.717) is 10.0 Å². The number of rotatable bonds is 6. The Labute approximate surface area is 135 Å². The summed E-state index contributed by atoms with van der Waals surface area (Å²) in [6.45, 7) is 0.824. The van der Waals surface area contributed by atoms with Gasteiger partial charge in [-0.3, -0.25) is 25.2 Å². The van der Waals surface area contributed by atoms with Gasteiger partial charge in [0, 0.05) is 10.9 Å². The van der Waals surface area contributed by atoms with Gasteiger partial charge in [0.1, 0.15) is 5.78 Å². The molecule has 0 unspecified atom stereocenters. The fourth-order valence-corrected chi connectivity index (χ4v) is 1.84. The SMILES string of the molecule is CC(=O)CCC(=O)OCC(=O)NNC(=O)c1ccccc1Br. The van der Waals surface area contributed by atoms with Gasteiger partial charge in [0.2, 0.25) is 0 Å². The van der Waals surface area contributed by atoms with Crippen LogP contribution >= 0.6 is 15.9 Å². The second kappa shape index (κ2) is 8.93. The Balaban J connectivity index is 2.31. The van der Waals surface area contributed by atoms with Crippen LogP contribution in [0.1, 0.15) is 30.1 Å². The first kappa shape index (κ1) is 17.8. The lowest BCUT2D eigenvalue weighted by Crippen LogP contribution is -2.43.